The van der Waals surface area contributed by atoms with E-state index in [1.165, 1.54) is 16.7 Å². The van der Waals surface area contributed by atoms with Crippen LogP contribution in [0.5, 0.6) is 0 Å². The Kier molecular flexibility index (Phi) is 6.37. The van der Waals surface area contributed by atoms with Crippen molar-refractivity contribution < 1.29 is 4.74 Å². The molecule has 1 atom stereocenters. The molecule has 0 radical (unpaired) electrons. The van der Waals surface area contributed by atoms with Crippen LogP contribution in [0.25, 0.3) is 0 Å². The molecule has 4 nitrogen and oxygen atoms in total. The number of anilines is 1. The summed E-state index contributed by atoms with van der Waals surface area (Å²) < 4.78 is 5.71. The van der Waals surface area contributed by atoms with Crippen LogP contribution in [0.4, 0.5) is 5.69 Å². The van der Waals surface area contributed by atoms with Crippen molar-refractivity contribution in [3.63, 3.8) is 0 Å². The molecule has 1 aliphatic heterocycles. The van der Waals surface area contributed by atoms with Crippen molar-refractivity contribution in [2.75, 3.05) is 25.0 Å². The van der Waals surface area contributed by atoms with E-state index in [0.29, 0.717) is 18.1 Å². The maximum atomic E-state index is 8.89. The molecule has 1 fully saturated rings. The van der Waals surface area contributed by atoms with E-state index in [1.54, 1.807) is 0 Å². The van der Waals surface area contributed by atoms with Gasteiger partial charge in [0, 0.05) is 25.4 Å². The van der Waals surface area contributed by atoms with E-state index in [1.807, 2.05) is 0 Å². The second-order valence-electron chi connectivity index (χ2n) is 6.17. The first-order valence-electron chi connectivity index (χ1n) is 8.13. The van der Waals surface area contributed by atoms with Gasteiger partial charge in [0.15, 0.2) is 5.11 Å². The predicted octanol–water partition coefficient (Wildman–Crippen LogP) is 3.70. The van der Waals surface area contributed by atoms with Crippen LogP contribution in [0.15, 0.2) is 12.1 Å². The number of aryl methyl sites for hydroxylation is 3. The van der Waals surface area contributed by atoms with Gasteiger partial charge < -0.3 is 15.0 Å². The fourth-order valence-electron chi connectivity index (χ4n) is 2.78. The number of benzene rings is 1. The Hall–Kier alpha value is -1.64. The van der Waals surface area contributed by atoms with E-state index in [2.05, 4.69) is 49.2 Å². The molecule has 0 bridgehead atoms. The smallest absolute Gasteiger partial charge is 0.173 e. The molecule has 124 valence electrons. The van der Waals surface area contributed by atoms with Gasteiger partial charge in [0.25, 0.3) is 0 Å². The van der Waals surface area contributed by atoms with Crippen LogP contribution < -0.4 is 5.32 Å². The van der Waals surface area contributed by atoms with Crippen LogP contribution in [0.1, 0.15) is 36.0 Å². The molecule has 2 rings (SSSR count). The highest BCUT2D eigenvalue weighted by molar-refractivity contribution is 7.80. The summed E-state index contributed by atoms with van der Waals surface area (Å²) in [5.41, 5.74) is 4.73. The topological polar surface area (TPSA) is 48.3 Å². The molecule has 23 heavy (non-hydrogen) atoms. The number of hydrogen-bond acceptors (Lipinski definition) is 3. The third-order valence-corrected chi connectivity index (χ3v) is 4.67. The number of ether oxygens (including phenoxy) is 1. The molecule has 1 heterocycles. The van der Waals surface area contributed by atoms with Gasteiger partial charge in [-0.25, -0.2) is 0 Å². The van der Waals surface area contributed by atoms with E-state index < -0.39 is 0 Å². The summed E-state index contributed by atoms with van der Waals surface area (Å²) in [6, 6.07) is 6.50. The van der Waals surface area contributed by atoms with Crippen LogP contribution in [0.2, 0.25) is 0 Å². The number of rotatable bonds is 5. The second kappa shape index (κ2) is 8.28. The maximum Gasteiger partial charge on any atom is 0.173 e. The van der Waals surface area contributed by atoms with Gasteiger partial charge >= 0.3 is 0 Å². The second-order valence-corrected chi connectivity index (χ2v) is 6.56. The lowest BCUT2D eigenvalue weighted by Gasteiger charge is -2.28. The first-order valence-corrected chi connectivity index (χ1v) is 8.54. The number of hydrogen-bond donors (Lipinski definition) is 1. The lowest BCUT2D eigenvalue weighted by molar-refractivity contribution is 0.0922. The van der Waals surface area contributed by atoms with Gasteiger partial charge in [-0.15, -0.1) is 0 Å². The molecule has 1 unspecified atom stereocenters. The highest BCUT2D eigenvalue weighted by atomic mass is 32.1. The SMILES string of the molecule is Cc1cc(C)c(NC(=S)N(CCC#N)CC2CCCO2)cc1C. The average Bonchev–Trinajstić information content (AvgIpc) is 3.02. The third-order valence-electron chi connectivity index (χ3n) is 4.31. The molecule has 1 aromatic carbocycles. The van der Waals surface area contributed by atoms with Crippen molar-refractivity contribution in [1.82, 2.24) is 4.90 Å². The Morgan fingerprint density at radius 2 is 2.09 bits per heavy atom. The minimum Gasteiger partial charge on any atom is -0.376 e. The summed E-state index contributed by atoms with van der Waals surface area (Å²) in [6.07, 6.45) is 2.84. The fourth-order valence-corrected chi connectivity index (χ4v) is 3.06. The number of nitriles is 1. The lowest BCUT2D eigenvalue weighted by Crippen LogP contribution is -2.40. The quantitative estimate of drug-likeness (QED) is 0.834. The van der Waals surface area contributed by atoms with Crippen LogP contribution in [0, 0.1) is 32.1 Å². The highest BCUT2D eigenvalue weighted by Gasteiger charge is 2.21. The standard InChI is InChI=1S/C18H25N3OS/c1-13-10-15(3)17(11-14(13)2)20-18(23)21(8-5-7-19)12-16-6-4-9-22-16/h10-11,16H,4-6,8-9,12H2,1-3H3,(H,20,23). The highest BCUT2D eigenvalue weighted by Crippen LogP contribution is 2.21. The van der Waals surface area contributed by atoms with Crippen LogP contribution in [-0.2, 0) is 4.74 Å². The van der Waals surface area contributed by atoms with Gasteiger partial charge in [0.05, 0.1) is 18.6 Å². The summed E-state index contributed by atoms with van der Waals surface area (Å²) in [4.78, 5) is 2.06. The van der Waals surface area contributed by atoms with E-state index in [0.717, 1.165) is 31.7 Å². The molecule has 1 saturated heterocycles. The van der Waals surface area contributed by atoms with Crippen molar-refractivity contribution in [3.8, 4) is 6.07 Å². The molecular formula is C18H25N3OS. The molecule has 0 aromatic heterocycles. The van der Waals surface area contributed by atoms with Crippen LogP contribution in [-0.4, -0.2) is 35.8 Å². The maximum absolute atomic E-state index is 8.89. The first-order chi connectivity index (χ1) is 11.0. The van der Waals surface area contributed by atoms with Gasteiger partial charge in [-0.05, 0) is 68.6 Å². The Balaban J connectivity index is 2.07. The zero-order valence-electron chi connectivity index (χ0n) is 14.2. The molecule has 1 aliphatic rings. The number of thiocarbonyl (C=S) groups is 1. The Bertz CT molecular complexity index is 603. The van der Waals surface area contributed by atoms with Gasteiger partial charge in [0.2, 0.25) is 0 Å². The molecule has 0 spiro atoms. The first kappa shape index (κ1) is 17.7. The molecule has 0 saturated carbocycles. The molecular weight excluding hydrogens is 306 g/mol. The Morgan fingerprint density at radius 3 is 2.74 bits per heavy atom. The molecule has 1 aromatic rings. The largest absolute Gasteiger partial charge is 0.376 e. The molecule has 5 heteroatoms. The van der Waals surface area contributed by atoms with Crippen molar-refractivity contribution in [3.05, 3.63) is 28.8 Å². The van der Waals surface area contributed by atoms with Gasteiger partial charge in [-0.3, -0.25) is 0 Å². The third kappa shape index (κ3) is 4.92. The van der Waals surface area contributed by atoms with E-state index in [-0.39, 0.29) is 6.10 Å². The van der Waals surface area contributed by atoms with E-state index in [9.17, 15) is 0 Å². The van der Waals surface area contributed by atoms with Gasteiger partial charge in [-0.1, -0.05) is 6.07 Å². The number of nitrogens with zero attached hydrogens (tertiary/aromatic N) is 2. The summed E-state index contributed by atoms with van der Waals surface area (Å²) in [6.45, 7) is 8.50. The Morgan fingerprint density at radius 1 is 1.35 bits per heavy atom. The monoisotopic (exact) mass is 331 g/mol. The summed E-state index contributed by atoms with van der Waals surface area (Å²) in [5, 5.41) is 12.9. The molecule has 0 aliphatic carbocycles. The van der Waals surface area contributed by atoms with E-state index in [4.69, 9.17) is 22.2 Å². The predicted molar refractivity (Wildman–Crippen MR) is 97.7 cm³/mol. The van der Waals surface area contributed by atoms with Gasteiger partial charge in [-0.2, -0.15) is 5.26 Å². The summed E-state index contributed by atoms with van der Waals surface area (Å²) >= 11 is 5.59. The number of nitrogens with one attached hydrogen (secondary N) is 1. The summed E-state index contributed by atoms with van der Waals surface area (Å²) in [5.74, 6) is 0. The van der Waals surface area contributed by atoms with Crippen molar-refractivity contribution in [1.29, 1.82) is 5.26 Å². The van der Waals surface area contributed by atoms with E-state index >= 15 is 0 Å². The zero-order chi connectivity index (χ0) is 16.8. The zero-order valence-corrected chi connectivity index (χ0v) is 15.0. The van der Waals surface area contributed by atoms with Crippen molar-refractivity contribution in [2.24, 2.45) is 0 Å². The Labute approximate surface area is 144 Å². The van der Waals surface area contributed by atoms with Crippen LogP contribution in [0.3, 0.4) is 0 Å². The molecule has 1 N–H and O–H groups in total. The van der Waals surface area contributed by atoms with Crippen molar-refractivity contribution >= 4 is 23.0 Å². The summed E-state index contributed by atoms with van der Waals surface area (Å²) in [7, 11) is 0. The van der Waals surface area contributed by atoms with Gasteiger partial charge in [0.1, 0.15) is 0 Å². The van der Waals surface area contributed by atoms with Crippen molar-refractivity contribution in [2.45, 2.75) is 46.1 Å². The average molecular weight is 331 g/mol. The molecule has 0 amide bonds. The normalized spacial score (nSPS) is 16.9. The fraction of sp³-hybridized carbons (Fsp3) is 0.556. The van der Waals surface area contributed by atoms with Crippen LogP contribution >= 0.6 is 12.2 Å². The minimum absolute atomic E-state index is 0.217. The lowest BCUT2D eigenvalue weighted by atomic mass is 10.1. The minimum atomic E-state index is 0.217.